The fourth-order valence-electron chi connectivity index (χ4n) is 4.03. The minimum Gasteiger partial charge on any atom is -0.489 e. The second-order valence-electron chi connectivity index (χ2n) is 8.74. The van der Waals surface area contributed by atoms with Crippen molar-refractivity contribution in [1.82, 2.24) is 15.0 Å². The molecule has 184 valence electrons. The van der Waals surface area contributed by atoms with Crippen LogP contribution in [0.2, 0.25) is 0 Å². The summed E-state index contributed by atoms with van der Waals surface area (Å²) in [4.78, 5) is 4.65. The van der Waals surface area contributed by atoms with Crippen molar-refractivity contribution in [1.29, 1.82) is 0 Å². The number of aliphatic hydroxyl groups is 1. The molecular weight excluding hydrogens is 430 g/mol. The second-order valence-corrected chi connectivity index (χ2v) is 8.74. The monoisotopic (exact) mass is 467 g/mol. The molecule has 0 radical (unpaired) electrons. The van der Waals surface area contributed by atoms with Crippen LogP contribution >= 0.6 is 0 Å². The number of hydrazine groups is 2. The molecular formula is C25H37N7O2. The molecule has 9 heteroatoms. The van der Waals surface area contributed by atoms with Crippen molar-refractivity contribution in [3.05, 3.63) is 77.0 Å². The van der Waals surface area contributed by atoms with Gasteiger partial charge in [-0.3, -0.25) is 0 Å². The van der Waals surface area contributed by atoms with Gasteiger partial charge in [-0.2, -0.15) is 0 Å². The Balaban J connectivity index is 1.75. The van der Waals surface area contributed by atoms with Gasteiger partial charge >= 0.3 is 0 Å². The lowest BCUT2D eigenvalue weighted by Gasteiger charge is -2.25. The smallest absolute Gasteiger partial charge is 0.140 e. The zero-order chi connectivity index (χ0) is 24.7. The third-order valence-electron chi connectivity index (χ3n) is 5.97. The number of hydrogen-bond donors (Lipinski definition) is 5. The van der Waals surface area contributed by atoms with Crippen molar-refractivity contribution in [3.63, 3.8) is 0 Å². The molecule has 0 amide bonds. The first-order chi connectivity index (χ1) is 16.3. The van der Waals surface area contributed by atoms with Crippen molar-refractivity contribution in [2.75, 3.05) is 13.6 Å². The van der Waals surface area contributed by atoms with Gasteiger partial charge in [0.05, 0.1) is 41.1 Å². The molecule has 1 atom stereocenters. The van der Waals surface area contributed by atoms with Crippen molar-refractivity contribution in [2.45, 2.75) is 51.2 Å². The number of ether oxygens (including phenoxy) is 1. The van der Waals surface area contributed by atoms with Gasteiger partial charge in [0, 0.05) is 13.2 Å². The highest BCUT2D eigenvalue weighted by Crippen LogP contribution is 2.26. The molecule has 9 nitrogen and oxygen atoms in total. The lowest BCUT2D eigenvalue weighted by Crippen LogP contribution is -2.38. The molecule has 1 aromatic carbocycles. The average molecular weight is 468 g/mol. The highest BCUT2D eigenvalue weighted by Gasteiger charge is 2.18. The lowest BCUT2D eigenvalue weighted by molar-refractivity contribution is 0.153. The van der Waals surface area contributed by atoms with E-state index in [4.69, 9.17) is 27.9 Å². The van der Waals surface area contributed by atoms with E-state index in [-0.39, 0.29) is 18.3 Å². The van der Waals surface area contributed by atoms with Gasteiger partial charge in [-0.1, -0.05) is 36.8 Å². The van der Waals surface area contributed by atoms with Crippen LogP contribution in [-0.2, 0) is 0 Å². The maximum absolute atomic E-state index is 10.5. The predicted molar refractivity (Wildman–Crippen MR) is 134 cm³/mol. The Morgan fingerprint density at radius 3 is 2.41 bits per heavy atom. The Bertz CT molecular complexity index is 1000. The Labute approximate surface area is 201 Å². The summed E-state index contributed by atoms with van der Waals surface area (Å²) >= 11 is 0. The number of aliphatic hydroxyl groups excluding tert-OH is 1. The first-order valence-corrected chi connectivity index (χ1v) is 11.6. The van der Waals surface area contributed by atoms with Crippen LogP contribution in [0.25, 0.3) is 5.70 Å². The lowest BCUT2D eigenvalue weighted by atomic mass is 9.98. The van der Waals surface area contributed by atoms with E-state index in [1.807, 2.05) is 37.3 Å². The van der Waals surface area contributed by atoms with Crippen LogP contribution in [0.3, 0.4) is 0 Å². The molecule has 1 aliphatic carbocycles. The summed E-state index contributed by atoms with van der Waals surface area (Å²) in [7, 11) is 1.68. The fraction of sp³-hybridized carbons (Fsp3) is 0.400. The second kappa shape index (κ2) is 11.7. The van der Waals surface area contributed by atoms with E-state index >= 15 is 0 Å². The van der Waals surface area contributed by atoms with Crippen LogP contribution in [0.5, 0.6) is 5.75 Å². The van der Waals surface area contributed by atoms with Gasteiger partial charge in [0.15, 0.2) is 0 Å². The Hall–Kier alpha value is -3.27. The summed E-state index contributed by atoms with van der Waals surface area (Å²) < 4.78 is 6.17. The predicted octanol–water partition coefficient (Wildman–Crippen LogP) is 2.24. The van der Waals surface area contributed by atoms with Gasteiger partial charge in [0.1, 0.15) is 11.9 Å². The number of rotatable bonds is 9. The number of nitrogens with zero attached hydrogens (tertiary/aromatic N) is 3. The number of hydrogen-bond acceptors (Lipinski definition) is 9. The number of likely N-dealkylation sites (N-methyl/N-ethyl adjacent to an activating group) is 1. The largest absolute Gasteiger partial charge is 0.489 e. The first-order valence-electron chi connectivity index (χ1n) is 11.6. The molecule has 0 aliphatic heterocycles. The first kappa shape index (κ1) is 25.4. The topological polar surface area (TPSA) is 153 Å². The van der Waals surface area contributed by atoms with Gasteiger partial charge in [-0.25, -0.2) is 16.7 Å². The summed E-state index contributed by atoms with van der Waals surface area (Å²) in [6.07, 6.45) is 6.56. The van der Waals surface area contributed by atoms with Crippen molar-refractivity contribution in [2.24, 2.45) is 23.2 Å². The summed E-state index contributed by atoms with van der Waals surface area (Å²) in [5.41, 5.74) is 15.7. The van der Waals surface area contributed by atoms with Crippen LogP contribution in [0, 0.1) is 6.92 Å². The molecule has 1 aromatic heterocycles. The van der Waals surface area contributed by atoms with E-state index in [9.17, 15) is 5.11 Å². The van der Waals surface area contributed by atoms with Gasteiger partial charge in [-0.05, 0) is 50.3 Å². The van der Waals surface area contributed by atoms with E-state index in [1.165, 1.54) is 35.5 Å². The Morgan fingerprint density at radius 1 is 1.12 bits per heavy atom. The minimum atomic E-state index is -0.978. The van der Waals surface area contributed by atoms with Gasteiger partial charge in [-0.15, -0.1) is 0 Å². The molecule has 0 spiro atoms. The summed E-state index contributed by atoms with van der Waals surface area (Å²) in [6, 6.07) is 12.8. The maximum Gasteiger partial charge on any atom is 0.140 e. The van der Waals surface area contributed by atoms with Crippen LogP contribution in [0.1, 0.15) is 55.2 Å². The zero-order valence-corrected chi connectivity index (χ0v) is 20.0. The molecule has 34 heavy (non-hydrogen) atoms. The number of pyridine rings is 1. The molecule has 9 N–H and O–H groups in total. The maximum atomic E-state index is 10.5. The molecule has 1 heterocycles. The summed E-state index contributed by atoms with van der Waals surface area (Å²) in [5, 5.41) is 13.2. The number of aryl methyl sites for hydroxylation is 1. The molecule has 1 fully saturated rings. The fourth-order valence-corrected chi connectivity index (χ4v) is 4.03. The van der Waals surface area contributed by atoms with Crippen molar-refractivity contribution >= 4 is 5.70 Å². The number of benzene rings is 1. The average Bonchev–Trinajstić information content (AvgIpc) is 2.84. The number of aromatic nitrogens is 1. The molecule has 1 aliphatic rings. The highest BCUT2D eigenvalue weighted by atomic mass is 16.5. The summed E-state index contributed by atoms with van der Waals surface area (Å²) in [5.74, 6) is 13.0. The van der Waals surface area contributed by atoms with Gasteiger partial charge < -0.3 is 31.3 Å². The van der Waals surface area contributed by atoms with Crippen LogP contribution in [-0.4, -0.2) is 39.8 Å². The van der Waals surface area contributed by atoms with E-state index < -0.39 is 6.10 Å². The molecule has 2 aromatic rings. The van der Waals surface area contributed by atoms with E-state index in [0.717, 1.165) is 24.3 Å². The van der Waals surface area contributed by atoms with Gasteiger partial charge in [0.25, 0.3) is 0 Å². The van der Waals surface area contributed by atoms with Gasteiger partial charge in [0.2, 0.25) is 0 Å². The van der Waals surface area contributed by atoms with Crippen LogP contribution in [0.15, 0.2) is 60.1 Å². The normalized spacial score (nSPS) is 16.6. The molecule has 0 bridgehead atoms. The number of nitrogens with two attached hydrogens (primary N) is 4. The van der Waals surface area contributed by atoms with Crippen molar-refractivity contribution in [3.8, 4) is 5.75 Å². The van der Waals surface area contributed by atoms with E-state index in [1.54, 1.807) is 19.2 Å². The molecule has 1 unspecified atom stereocenters. The van der Waals surface area contributed by atoms with Crippen LogP contribution < -0.4 is 27.9 Å². The molecule has 0 saturated heterocycles. The Kier molecular flexibility index (Phi) is 8.75. The molecule has 3 rings (SSSR count). The standard InChI is InChI=1S/C25H37N7O2/c1-17-23(34-19-11-7-4-8-12-19)14-13-21(30-17)24(27)22(31(2)28)16-32(29)15-20(26)25(33)18-9-5-3-6-10-18/h3,5-6,9-10,13-15,19,25,33H,4,7-8,11-12,16,26-29H2,1-2H3/b20-15-,24-22-. The van der Waals surface area contributed by atoms with E-state index in [2.05, 4.69) is 4.98 Å². The van der Waals surface area contributed by atoms with E-state index in [0.29, 0.717) is 22.7 Å². The molecule has 1 saturated carbocycles. The highest BCUT2D eigenvalue weighted by molar-refractivity contribution is 5.63. The quantitative estimate of drug-likeness (QED) is 0.276. The third kappa shape index (κ3) is 6.63. The minimum absolute atomic E-state index is 0.155. The zero-order valence-electron chi connectivity index (χ0n) is 20.0. The SMILES string of the molecule is Cc1nc(/C(N)=C(\CN(N)/C=C(\N)C(O)c2ccccc2)N(C)N)ccc1OC1CCCCC1. The Morgan fingerprint density at radius 2 is 1.79 bits per heavy atom. The van der Waals surface area contributed by atoms with Crippen LogP contribution in [0.4, 0.5) is 0 Å². The van der Waals surface area contributed by atoms with Crippen molar-refractivity contribution < 1.29 is 9.84 Å². The summed E-state index contributed by atoms with van der Waals surface area (Å²) in [6.45, 7) is 2.06. The third-order valence-corrected chi connectivity index (χ3v) is 5.97.